The second kappa shape index (κ2) is 11.1. The van der Waals surface area contributed by atoms with Crippen LogP contribution in [0, 0.1) is 0 Å². The molecule has 0 aliphatic carbocycles. The second-order valence-corrected chi connectivity index (χ2v) is 6.53. The molecule has 2 heterocycles. The molecule has 2 aromatic rings. The Morgan fingerprint density at radius 2 is 2.11 bits per heavy atom. The molecule has 27 heavy (non-hydrogen) atoms. The molecule has 2 rings (SSSR count). The number of rotatable bonds is 7. The summed E-state index contributed by atoms with van der Waals surface area (Å²) in [5, 5.41) is 7.97. The Hall–Kier alpha value is -1.84. The van der Waals surface area contributed by atoms with Crippen LogP contribution in [-0.2, 0) is 20.1 Å². The van der Waals surface area contributed by atoms with Crippen LogP contribution in [0.5, 0.6) is 5.88 Å². The van der Waals surface area contributed by atoms with E-state index in [-0.39, 0.29) is 24.0 Å². The highest BCUT2D eigenvalue weighted by Crippen LogP contribution is 2.19. The van der Waals surface area contributed by atoms with Gasteiger partial charge in [0.2, 0.25) is 5.88 Å². The van der Waals surface area contributed by atoms with Gasteiger partial charge in [0.15, 0.2) is 5.96 Å². The second-order valence-electron chi connectivity index (χ2n) is 6.53. The molecule has 0 unspecified atom stereocenters. The van der Waals surface area contributed by atoms with E-state index in [4.69, 9.17) is 4.74 Å². The number of pyridine rings is 1. The first-order chi connectivity index (χ1) is 12.5. The lowest BCUT2D eigenvalue weighted by molar-refractivity contribution is 0.322. The Balaban J connectivity index is 0.00000364. The van der Waals surface area contributed by atoms with Crippen molar-refractivity contribution in [2.75, 3.05) is 20.7 Å². The van der Waals surface area contributed by atoms with Crippen molar-refractivity contribution >= 4 is 29.9 Å². The van der Waals surface area contributed by atoms with Crippen molar-refractivity contribution in [3.63, 3.8) is 0 Å². The fraction of sp³-hybridized carbons (Fsp3) is 0.526. The third kappa shape index (κ3) is 6.37. The molecular weight excluding hydrogens is 455 g/mol. The summed E-state index contributed by atoms with van der Waals surface area (Å²) in [6.07, 6.45) is 3.82. The van der Waals surface area contributed by atoms with Gasteiger partial charge in [0, 0.05) is 57.8 Å². The van der Waals surface area contributed by atoms with Crippen molar-refractivity contribution in [1.29, 1.82) is 0 Å². The zero-order valence-corrected chi connectivity index (χ0v) is 19.4. The van der Waals surface area contributed by atoms with E-state index in [1.807, 2.05) is 37.8 Å². The normalized spacial score (nSPS) is 11.3. The first-order valence-corrected chi connectivity index (χ1v) is 8.97. The molecule has 0 saturated carbocycles. The van der Waals surface area contributed by atoms with Crippen LogP contribution >= 0.6 is 24.0 Å². The van der Waals surface area contributed by atoms with Crippen molar-refractivity contribution in [2.45, 2.75) is 39.8 Å². The lowest BCUT2D eigenvalue weighted by atomic mass is 10.1. The Labute approximate surface area is 179 Å². The summed E-state index contributed by atoms with van der Waals surface area (Å²) in [7, 11) is 5.78. The Kier molecular flexibility index (Phi) is 9.54. The predicted molar refractivity (Wildman–Crippen MR) is 120 cm³/mol. The van der Waals surface area contributed by atoms with Crippen LogP contribution in [-0.4, -0.2) is 46.3 Å². The van der Waals surface area contributed by atoms with E-state index >= 15 is 0 Å². The molecule has 1 N–H and O–H groups in total. The number of nitrogens with one attached hydrogen (secondary N) is 1. The number of halogens is 1. The van der Waals surface area contributed by atoms with Crippen molar-refractivity contribution in [2.24, 2.45) is 12.0 Å². The molecule has 0 aliphatic rings. The van der Waals surface area contributed by atoms with E-state index in [1.54, 1.807) is 13.2 Å². The quantitative estimate of drug-likeness (QED) is 0.370. The molecule has 0 saturated heterocycles. The van der Waals surface area contributed by atoms with Crippen molar-refractivity contribution in [1.82, 2.24) is 25.0 Å². The Morgan fingerprint density at radius 3 is 2.74 bits per heavy atom. The van der Waals surface area contributed by atoms with E-state index in [9.17, 15) is 0 Å². The highest BCUT2D eigenvalue weighted by Gasteiger charge is 2.15. The minimum atomic E-state index is 0. The van der Waals surface area contributed by atoms with Gasteiger partial charge in [0.05, 0.1) is 12.3 Å². The molecule has 0 amide bonds. The summed E-state index contributed by atoms with van der Waals surface area (Å²) in [4.78, 5) is 10.8. The van der Waals surface area contributed by atoms with Crippen molar-refractivity contribution in [3.05, 3.63) is 41.3 Å². The van der Waals surface area contributed by atoms with Gasteiger partial charge in [0.1, 0.15) is 0 Å². The molecule has 0 aliphatic heterocycles. The molecule has 8 heteroatoms. The van der Waals surface area contributed by atoms with Gasteiger partial charge in [-0.15, -0.1) is 24.0 Å². The van der Waals surface area contributed by atoms with Gasteiger partial charge >= 0.3 is 0 Å². The minimum absolute atomic E-state index is 0. The molecule has 0 fully saturated rings. The van der Waals surface area contributed by atoms with Crippen LogP contribution in [0.4, 0.5) is 0 Å². The highest BCUT2D eigenvalue weighted by atomic mass is 127. The number of aliphatic imine (C=N–C) groups is 1. The summed E-state index contributed by atoms with van der Waals surface area (Å²) in [6.45, 7) is 8.22. The molecule has 0 aromatic carbocycles. The van der Waals surface area contributed by atoms with Gasteiger partial charge in [-0.3, -0.25) is 9.67 Å². The molecule has 0 bridgehead atoms. The van der Waals surface area contributed by atoms with Gasteiger partial charge in [-0.25, -0.2) is 4.98 Å². The topological polar surface area (TPSA) is 67.6 Å². The average molecular weight is 486 g/mol. The standard InChI is InChI=1S/C19H30N6O.HI/c1-7-26-18-15(9-8-10-21-18)11-22-19(20-4)24(5)12-16-13-25(6)23-17(16)14(2)3;/h8-10,13-14H,7,11-12H2,1-6H3,(H,20,22);1H. The van der Waals surface area contributed by atoms with Crippen LogP contribution in [0.15, 0.2) is 29.5 Å². The van der Waals surface area contributed by atoms with Crippen LogP contribution in [0.2, 0.25) is 0 Å². The van der Waals surface area contributed by atoms with Crippen LogP contribution in [0.25, 0.3) is 0 Å². The fourth-order valence-electron chi connectivity index (χ4n) is 2.88. The maximum atomic E-state index is 5.59. The lowest BCUT2D eigenvalue weighted by Crippen LogP contribution is -2.38. The third-order valence-electron chi connectivity index (χ3n) is 4.03. The van der Waals surface area contributed by atoms with Gasteiger partial charge in [0.25, 0.3) is 0 Å². The van der Waals surface area contributed by atoms with E-state index in [1.165, 1.54) is 5.56 Å². The van der Waals surface area contributed by atoms with Crippen molar-refractivity contribution < 1.29 is 4.74 Å². The van der Waals surface area contributed by atoms with Crippen LogP contribution < -0.4 is 10.1 Å². The molecule has 150 valence electrons. The number of aryl methyl sites for hydroxylation is 1. The Morgan fingerprint density at radius 1 is 1.37 bits per heavy atom. The zero-order chi connectivity index (χ0) is 19.1. The van der Waals surface area contributed by atoms with E-state index in [2.05, 4.69) is 45.3 Å². The number of hydrogen-bond acceptors (Lipinski definition) is 4. The summed E-state index contributed by atoms with van der Waals surface area (Å²) < 4.78 is 7.46. The first kappa shape index (κ1) is 23.2. The number of hydrogen-bond donors (Lipinski definition) is 1. The maximum Gasteiger partial charge on any atom is 0.218 e. The largest absolute Gasteiger partial charge is 0.478 e. The Bertz CT molecular complexity index is 744. The van der Waals surface area contributed by atoms with Crippen LogP contribution in [0.3, 0.4) is 0 Å². The third-order valence-corrected chi connectivity index (χ3v) is 4.03. The number of guanidine groups is 1. The molecule has 2 aromatic heterocycles. The minimum Gasteiger partial charge on any atom is -0.478 e. The summed E-state index contributed by atoms with van der Waals surface area (Å²) in [6, 6.07) is 3.92. The average Bonchev–Trinajstić information content (AvgIpc) is 2.97. The number of nitrogens with zero attached hydrogens (tertiary/aromatic N) is 5. The molecule has 0 spiro atoms. The van der Waals surface area contributed by atoms with Gasteiger partial charge in [-0.1, -0.05) is 19.9 Å². The lowest BCUT2D eigenvalue weighted by Gasteiger charge is -2.22. The number of aromatic nitrogens is 3. The maximum absolute atomic E-state index is 5.59. The van der Waals surface area contributed by atoms with Gasteiger partial charge < -0.3 is 15.0 Å². The summed E-state index contributed by atoms with van der Waals surface area (Å²) >= 11 is 0. The summed E-state index contributed by atoms with van der Waals surface area (Å²) in [5.41, 5.74) is 3.35. The zero-order valence-electron chi connectivity index (χ0n) is 17.1. The molecule has 0 radical (unpaired) electrons. The van der Waals surface area contributed by atoms with Gasteiger partial charge in [-0.05, 0) is 18.9 Å². The fourth-order valence-corrected chi connectivity index (χ4v) is 2.88. The summed E-state index contributed by atoms with van der Waals surface area (Å²) in [5.74, 6) is 1.86. The molecule has 7 nitrogen and oxygen atoms in total. The monoisotopic (exact) mass is 486 g/mol. The van der Waals surface area contributed by atoms with E-state index in [0.717, 1.165) is 23.8 Å². The molecular formula is C19H31IN6O. The smallest absolute Gasteiger partial charge is 0.218 e. The van der Waals surface area contributed by atoms with Crippen LogP contribution in [0.1, 0.15) is 43.5 Å². The highest BCUT2D eigenvalue weighted by molar-refractivity contribution is 14.0. The SMILES string of the molecule is CCOc1ncccc1CNC(=NC)N(C)Cc1cn(C)nc1C(C)C.I. The van der Waals surface area contributed by atoms with Gasteiger partial charge in [-0.2, -0.15) is 5.10 Å². The van der Waals surface area contributed by atoms with E-state index < -0.39 is 0 Å². The predicted octanol–water partition coefficient (Wildman–Crippen LogP) is 3.16. The number of ether oxygens (including phenoxy) is 1. The first-order valence-electron chi connectivity index (χ1n) is 8.97. The molecule has 0 atom stereocenters. The van der Waals surface area contributed by atoms with Crippen molar-refractivity contribution in [3.8, 4) is 5.88 Å². The van der Waals surface area contributed by atoms with E-state index in [0.29, 0.717) is 24.9 Å².